The molecule has 6 rings (SSSR count). The van der Waals surface area contributed by atoms with Crippen LogP contribution in [0.1, 0.15) is 34.7 Å². The minimum Gasteiger partial charge on any atom is -0.350 e. The molecule has 0 spiro atoms. The van der Waals surface area contributed by atoms with E-state index in [0.717, 1.165) is 22.2 Å². The lowest BCUT2D eigenvalue weighted by atomic mass is 10.1. The van der Waals surface area contributed by atoms with Gasteiger partial charge in [0, 0.05) is 37.8 Å². The van der Waals surface area contributed by atoms with Gasteiger partial charge in [-0.05, 0) is 36.6 Å². The Balaban J connectivity index is 1.20. The number of aryl methyl sites for hydroxylation is 2. The molecule has 0 atom stereocenters. The zero-order chi connectivity index (χ0) is 26.4. The highest BCUT2D eigenvalue weighted by Crippen LogP contribution is 2.39. The van der Waals surface area contributed by atoms with E-state index in [-0.39, 0.29) is 11.8 Å². The molecule has 1 fully saturated rings. The third kappa shape index (κ3) is 4.22. The van der Waals surface area contributed by atoms with Gasteiger partial charge >= 0.3 is 0 Å². The third-order valence-electron chi connectivity index (χ3n) is 6.70. The Kier molecular flexibility index (Phi) is 5.76. The van der Waals surface area contributed by atoms with Crippen LogP contribution in [0.2, 0.25) is 5.02 Å². The van der Waals surface area contributed by atoms with Crippen LogP contribution in [0.15, 0.2) is 65.4 Å². The van der Waals surface area contributed by atoms with Crippen LogP contribution in [0.3, 0.4) is 0 Å². The Morgan fingerprint density at radius 1 is 1.13 bits per heavy atom. The maximum absolute atomic E-state index is 12.9. The highest BCUT2D eigenvalue weighted by molar-refractivity contribution is 6.38. The number of fused-ring (bicyclic) bond motifs is 1. The molecule has 3 aromatic heterocycles. The lowest BCUT2D eigenvalue weighted by Crippen LogP contribution is -2.48. The molecule has 1 aliphatic carbocycles. The molecular weight excluding hydrogens is 506 g/mol. The smallest absolute Gasteiger partial charge is 0.255 e. The van der Waals surface area contributed by atoms with Crippen molar-refractivity contribution in [3.05, 3.63) is 83.0 Å². The Morgan fingerprint density at radius 3 is 2.55 bits per heavy atom. The SMILES string of the molecule is Cc1nc(-c2c(Cl)c3ccccc3n2-c2ccc(CNC(=O)C3(NC(=O)c4cnn(C)c4)CC3)cc2)no1. The minimum atomic E-state index is -0.870. The molecule has 5 aromatic rings. The summed E-state index contributed by atoms with van der Waals surface area (Å²) in [7, 11) is 1.74. The molecule has 0 unspecified atom stereocenters. The zero-order valence-corrected chi connectivity index (χ0v) is 21.5. The first kappa shape index (κ1) is 23.9. The van der Waals surface area contributed by atoms with Crippen LogP contribution < -0.4 is 10.6 Å². The molecule has 2 N–H and O–H groups in total. The topological polar surface area (TPSA) is 120 Å². The van der Waals surface area contributed by atoms with Crippen molar-refractivity contribution < 1.29 is 14.1 Å². The summed E-state index contributed by atoms with van der Waals surface area (Å²) in [5.74, 6) is 0.351. The molecule has 10 nitrogen and oxygen atoms in total. The van der Waals surface area contributed by atoms with E-state index >= 15 is 0 Å². The van der Waals surface area contributed by atoms with E-state index in [9.17, 15) is 9.59 Å². The standard InChI is InChI=1S/C27H24ClN7O3/c1-16-31-24(33-38-16)23-22(28)20-5-3-4-6-21(20)35(23)19-9-7-17(8-10-19)13-29-26(37)27(11-12-27)32-25(36)18-14-30-34(2)15-18/h3-10,14-15H,11-13H2,1-2H3,(H,29,37)(H,32,36). The van der Waals surface area contributed by atoms with Crippen molar-refractivity contribution in [2.45, 2.75) is 31.8 Å². The summed E-state index contributed by atoms with van der Waals surface area (Å²) in [6.07, 6.45) is 4.31. The van der Waals surface area contributed by atoms with E-state index in [1.54, 1.807) is 24.9 Å². The predicted octanol–water partition coefficient (Wildman–Crippen LogP) is 3.95. The summed E-state index contributed by atoms with van der Waals surface area (Å²) in [6, 6.07) is 15.6. The first-order chi connectivity index (χ1) is 18.3. The van der Waals surface area contributed by atoms with Crippen LogP contribution in [-0.2, 0) is 18.4 Å². The molecule has 11 heteroatoms. The molecule has 1 saturated carbocycles. The number of carbonyl (C=O) groups is 2. The summed E-state index contributed by atoms with van der Waals surface area (Å²) < 4.78 is 8.76. The monoisotopic (exact) mass is 529 g/mol. The number of nitrogens with zero attached hydrogens (tertiary/aromatic N) is 5. The molecular formula is C27H24ClN7O3. The lowest BCUT2D eigenvalue weighted by molar-refractivity contribution is -0.124. The molecule has 2 amide bonds. The molecule has 1 aliphatic rings. The second kappa shape index (κ2) is 9.14. The fourth-order valence-corrected chi connectivity index (χ4v) is 4.87. The van der Waals surface area contributed by atoms with Gasteiger partial charge in [0.2, 0.25) is 17.6 Å². The van der Waals surface area contributed by atoms with Gasteiger partial charge in [0.1, 0.15) is 11.2 Å². The predicted molar refractivity (Wildman–Crippen MR) is 141 cm³/mol. The van der Waals surface area contributed by atoms with Crippen LogP contribution in [0.5, 0.6) is 0 Å². The van der Waals surface area contributed by atoms with E-state index in [2.05, 4.69) is 25.9 Å². The first-order valence-corrected chi connectivity index (χ1v) is 12.5. The molecule has 0 aliphatic heterocycles. The van der Waals surface area contributed by atoms with Crippen LogP contribution in [0, 0.1) is 6.92 Å². The Hall–Kier alpha value is -4.44. The average Bonchev–Trinajstić information content (AvgIpc) is 3.21. The maximum Gasteiger partial charge on any atom is 0.255 e. The summed E-state index contributed by atoms with van der Waals surface area (Å²) >= 11 is 6.77. The van der Waals surface area contributed by atoms with Gasteiger partial charge in [-0.3, -0.25) is 14.3 Å². The number of amides is 2. The summed E-state index contributed by atoms with van der Waals surface area (Å²) in [5, 5.41) is 15.4. The summed E-state index contributed by atoms with van der Waals surface area (Å²) in [6.45, 7) is 2.06. The minimum absolute atomic E-state index is 0.197. The van der Waals surface area contributed by atoms with Gasteiger partial charge in [0.15, 0.2) is 0 Å². The fourth-order valence-electron chi connectivity index (χ4n) is 4.54. The van der Waals surface area contributed by atoms with Crippen molar-refractivity contribution in [2.24, 2.45) is 7.05 Å². The summed E-state index contributed by atoms with van der Waals surface area (Å²) in [5.41, 5.74) is 2.89. The first-order valence-electron chi connectivity index (χ1n) is 12.1. The van der Waals surface area contributed by atoms with E-state index in [1.807, 2.05) is 53.1 Å². The maximum atomic E-state index is 12.9. The van der Waals surface area contributed by atoms with Gasteiger partial charge in [-0.25, -0.2) is 0 Å². The molecule has 0 bridgehead atoms. The van der Waals surface area contributed by atoms with Crippen LogP contribution >= 0.6 is 11.6 Å². The van der Waals surface area contributed by atoms with Gasteiger partial charge in [0.05, 0.1) is 22.3 Å². The molecule has 0 radical (unpaired) electrons. The second-order valence-corrected chi connectivity index (χ2v) is 9.82. The van der Waals surface area contributed by atoms with Gasteiger partial charge in [-0.1, -0.05) is 47.1 Å². The number of benzene rings is 2. The molecule has 2 aromatic carbocycles. The van der Waals surface area contributed by atoms with E-state index in [1.165, 1.54) is 6.20 Å². The van der Waals surface area contributed by atoms with Crippen LogP contribution in [-0.4, -0.2) is 41.8 Å². The second-order valence-electron chi connectivity index (χ2n) is 9.44. The third-order valence-corrected chi connectivity index (χ3v) is 7.09. The van der Waals surface area contributed by atoms with E-state index in [0.29, 0.717) is 47.4 Å². The number of carbonyl (C=O) groups excluding carboxylic acids is 2. The highest BCUT2D eigenvalue weighted by Gasteiger charge is 2.51. The number of aromatic nitrogens is 5. The van der Waals surface area contributed by atoms with Crippen molar-refractivity contribution in [1.29, 1.82) is 0 Å². The van der Waals surface area contributed by atoms with Crippen molar-refractivity contribution >= 4 is 34.3 Å². The van der Waals surface area contributed by atoms with Crippen molar-refractivity contribution in [3.63, 3.8) is 0 Å². The van der Waals surface area contributed by atoms with E-state index in [4.69, 9.17) is 16.1 Å². The fraction of sp³-hybridized carbons (Fsp3) is 0.222. The largest absolute Gasteiger partial charge is 0.350 e. The number of hydrogen-bond donors (Lipinski definition) is 2. The molecule has 38 heavy (non-hydrogen) atoms. The Morgan fingerprint density at radius 2 is 1.89 bits per heavy atom. The van der Waals surface area contributed by atoms with E-state index < -0.39 is 5.54 Å². The number of para-hydroxylation sites is 1. The Bertz CT molecular complexity index is 1680. The number of rotatable bonds is 7. The molecule has 3 heterocycles. The van der Waals surface area contributed by atoms with Gasteiger partial charge in [0.25, 0.3) is 5.91 Å². The Labute approximate surface area is 222 Å². The zero-order valence-electron chi connectivity index (χ0n) is 20.7. The average molecular weight is 530 g/mol. The van der Waals surface area contributed by atoms with Crippen LogP contribution in [0.25, 0.3) is 28.1 Å². The van der Waals surface area contributed by atoms with Gasteiger partial charge in [-0.15, -0.1) is 0 Å². The van der Waals surface area contributed by atoms with Crippen molar-refractivity contribution in [3.8, 4) is 17.2 Å². The number of hydrogen-bond acceptors (Lipinski definition) is 6. The van der Waals surface area contributed by atoms with Gasteiger partial charge in [-0.2, -0.15) is 10.1 Å². The molecule has 0 saturated heterocycles. The normalized spacial score (nSPS) is 14.0. The van der Waals surface area contributed by atoms with Crippen molar-refractivity contribution in [2.75, 3.05) is 0 Å². The van der Waals surface area contributed by atoms with Gasteiger partial charge < -0.3 is 19.7 Å². The lowest BCUT2D eigenvalue weighted by Gasteiger charge is -2.17. The van der Waals surface area contributed by atoms with Crippen molar-refractivity contribution in [1.82, 2.24) is 35.1 Å². The van der Waals surface area contributed by atoms with Crippen LogP contribution in [0.4, 0.5) is 0 Å². The number of halogens is 1. The molecule has 192 valence electrons. The summed E-state index contributed by atoms with van der Waals surface area (Å²) in [4.78, 5) is 29.8. The number of nitrogens with one attached hydrogen (secondary N) is 2. The quantitative estimate of drug-likeness (QED) is 0.329. The highest BCUT2D eigenvalue weighted by atomic mass is 35.5.